The number of carbonyl (C=O) groups is 1. The van der Waals surface area contributed by atoms with Gasteiger partial charge in [-0.3, -0.25) is 10.1 Å². The Morgan fingerprint density at radius 3 is 3.00 bits per heavy atom. The van der Waals surface area contributed by atoms with Gasteiger partial charge in [-0.05, 0) is 44.2 Å². The zero-order valence-corrected chi connectivity index (χ0v) is 12.7. The molecule has 0 aromatic carbocycles. The van der Waals surface area contributed by atoms with E-state index in [1.54, 1.807) is 11.3 Å². The number of amides is 1. The Bertz CT molecular complexity index is 615. The molecule has 2 aromatic rings. The zero-order chi connectivity index (χ0) is 13.4. The first-order valence-corrected chi connectivity index (χ1v) is 8.11. The van der Waals surface area contributed by atoms with Crippen molar-refractivity contribution in [2.24, 2.45) is 5.92 Å². The van der Waals surface area contributed by atoms with Crippen molar-refractivity contribution >= 4 is 33.7 Å². The number of nitrogens with zero attached hydrogens (tertiary/aromatic N) is 1. The minimum atomic E-state index is -0.0442. The van der Waals surface area contributed by atoms with Crippen molar-refractivity contribution in [3.8, 4) is 0 Å². The molecule has 0 aliphatic heterocycles. The summed E-state index contributed by atoms with van der Waals surface area (Å²) in [5.74, 6) is 0.689. The molecule has 3 rings (SSSR count). The summed E-state index contributed by atoms with van der Waals surface area (Å²) in [5, 5.41) is 3.67. The lowest BCUT2D eigenvalue weighted by Crippen LogP contribution is -2.10. The van der Waals surface area contributed by atoms with Crippen LogP contribution in [0.25, 0.3) is 0 Å². The maximum absolute atomic E-state index is 12.1. The molecule has 1 amide bonds. The Kier molecular flexibility index (Phi) is 3.41. The summed E-state index contributed by atoms with van der Waals surface area (Å²) in [5.41, 5.74) is 1.18. The van der Waals surface area contributed by atoms with Crippen LogP contribution in [-0.2, 0) is 12.8 Å². The fourth-order valence-electron chi connectivity index (χ4n) is 2.31. The summed E-state index contributed by atoms with van der Waals surface area (Å²) in [7, 11) is 0. The number of fused-ring (bicyclic) bond motifs is 1. The molecule has 5 heteroatoms. The molecule has 0 radical (unpaired) electrons. The number of anilines is 1. The Hall–Kier alpha value is -1.20. The lowest BCUT2D eigenvalue weighted by Gasteiger charge is -2.15. The third-order valence-electron chi connectivity index (χ3n) is 3.37. The lowest BCUT2D eigenvalue weighted by atomic mass is 9.93. The summed E-state index contributed by atoms with van der Waals surface area (Å²) >= 11 is 3.15. The van der Waals surface area contributed by atoms with Crippen LogP contribution < -0.4 is 5.32 Å². The molecule has 2 aromatic heterocycles. The van der Waals surface area contributed by atoms with E-state index in [0.717, 1.165) is 33.6 Å². The number of carbonyl (C=O) groups excluding carboxylic acids is 1. The first-order valence-electron chi connectivity index (χ1n) is 6.48. The van der Waals surface area contributed by atoms with Crippen molar-refractivity contribution in [3.63, 3.8) is 0 Å². The van der Waals surface area contributed by atoms with E-state index in [1.807, 2.05) is 19.1 Å². The van der Waals surface area contributed by atoms with Gasteiger partial charge in [0.2, 0.25) is 0 Å². The second-order valence-electron chi connectivity index (χ2n) is 5.10. The zero-order valence-electron chi connectivity index (χ0n) is 11.0. The average Bonchev–Trinajstić information content (AvgIpc) is 2.94. The molecule has 0 saturated heterocycles. The Morgan fingerprint density at radius 2 is 2.26 bits per heavy atom. The highest BCUT2D eigenvalue weighted by Gasteiger charge is 2.20. The van der Waals surface area contributed by atoms with E-state index in [4.69, 9.17) is 0 Å². The fraction of sp³-hybridized carbons (Fsp3) is 0.429. The summed E-state index contributed by atoms with van der Waals surface area (Å²) in [6, 6.07) is 3.83. The van der Waals surface area contributed by atoms with Gasteiger partial charge in [-0.1, -0.05) is 6.92 Å². The Morgan fingerprint density at radius 1 is 1.42 bits per heavy atom. The average molecular weight is 292 g/mol. The van der Waals surface area contributed by atoms with Gasteiger partial charge in [0.15, 0.2) is 5.13 Å². The van der Waals surface area contributed by atoms with Crippen molar-refractivity contribution < 1.29 is 4.79 Å². The van der Waals surface area contributed by atoms with Crippen molar-refractivity contribution in [1.29, 1.82) is 0 Å². The highest BCUT2D eigenvalue weighted by Crippen LogP contribution is 2.32. The van der Waals surface area contributed by atoms with E-state index in [1.165, 1.54) is 28.3 Å². The maximum atomic E-state index is 12.1. The molecular weight excluding hydrogens is 276 g/mol. The monoisotopic (exact) mass is 292 g/mol. The molecule has 1 atom stereocenters. The molecule has 0 bridgehead atoms. The van der Waals surface area contributed by atoms with E-state index in [2.05, 4.69) is 17.2 Å². The quantitative estimate of drug-likeness (QED) is 0.912. The predicted molar refractivity (Wildman–Crippen MR) is 80.3 cm³/mol. The summed E-state index contributed by atoms with van der Waals surface area (Å²) in [4.78, 5) is 19.9. The molecule has 0 saturated carbocycles. The Labute approximate surface area is 120 Å². The minimum Gasteiger partial charge on any atom is -0.297 e. The van der Waals surface area contributed by atoms with Gasteiger partial charge in [-0.15, -0.1) is 22.7 Å². The van der Waals surface area contributed by atoms with Gasteiger partial charge in [0.05, 0.1) is 10.6 Å². The number of thiophene rings is 1. The summed E-state index contributed by atoms with van der Waals surface area (Å²) in [6.07, 6.45) is 3.34. The number of nitrogens with one attached hydrogen (secondary N) is 1. The first-order chi connectivity index (χ1) is 9.11. The van der Waals surface area contributed by atoms with Crippen LogP contribution in [0.15, 0.2) is 12.1 Å². The smallest absolute Gasteiger partial charge is 0.267 e. The van der Waals surface area contributed by atoms with Crippen LogP contribution in [0.3, 0.4) is 0 Å². The van der Waals surface area contributed by atoms with E-state index < -0.39 is 0 Å². The SMILES string of the molecule is Cc1ccc(C(=O)Nc2nc3c(s2)CC(C)CC3)s1. The molecule has 19 heavy (non-hydrogen) atoms. The van der Waals surface area contributed by atoms with Gasteiger partial charge in [0, 0.05) is 9.75 Å². The predicted octanol–water partition coefficient (Wildman–Crippen LogP) is 3.89. The van der Waals surface area contributed by atoms with Gasteiger partial charge < -0.3 is 0 Å². The van der Waals surface area contributed by atoms with Crippen LogP contribution >= 0.6 is 22.7 Å². The number of hydrogen-bond donors (Lipinski definition) is 1. The van der Waals surface area contributed by atoms with Gasteiger partial charge in [0.1, 0.15) is 0 Å². The normalized spacial score (nSPS) is 18.1. The Balaban J connectivity index is 1.75. The molecule has 100 valence electrons. The third-order valence-corrected chi connectivity index (χ3v) is 5.41. The molecule has 0 spiro atoms. The largest absolute Gasteiger partial charge is 0.297 e. The van der Waals surface area contributed by atoms with Crippen LogP contribution in [0.2, 0.25) is 0 Å². The van der Waals surface area contributed by atoms with Gasteiger partial charge in [-0.2, -0.15) is 0 Å². The van der Waals surface area contributed by atoms with Crippen molar-refractivity contribution in [3.05, 3.63) is 32.5 Å². The number of aryl methyl sites for hydroxylation is 2. The topological polar surface area (TPSA) is 42.0 Å². The first kappa shape index (κ1) is 12.8. The molecule has 2 heterocycles. The number of thiazole rings is 1. The number of rotatable bonds is 2. The van der Waals surface area contributed by atoms with Crippen LogP contribution in [0.4, 0.5) is 5.13 Å². The van der Waals surface area contributed by atoms with Crippen LogP contribution in [0, 0.1) is 12.8 Å². The van der Waals surface area contributed by atoms with Crippen LogP contribution in [-0.4, -0.2) is 10.9 Å². The van der Waals surface area contributed by atoms with Gasteiger partial charge >= 0.3 is 0 Å². The van der Waals surface area contributed by atoms with E-state index in [0.29, 0.717) is 0 Å². The van der Waals surface area contributed by atoms with Crippen molar-refractivity contribution in [2.75, 3.05) is 5.32 Å². The van der Waals surface area contributed by atoms with Crippen molar-refractivity contribution in [1.82, 2.24) is 4.98 Å². The third kappa shape index (κ3) is 2.72. The lowest BCUT2D eigenvalue weighted by molar-refractivity contribution is 0.103. The highest BCUT2D eigenvalue weighted by molar-refractivity contribution is 7.16. The molecule has 0 fully saturated rings. The maximum Gasteiger partial charge on any atom is 0.267 e. The summed E-state index contributed by atoms with van der Waals surface area (Å²) in [6.45, 7) is 4.28. The second kappa shape index (κ2) is 5.06. The highest BCUT2D eigenvalue weighted by atomic mass is 32.1. The minimum absolute atomic E-state index is 0.0442. The van der Waals surface area contributed by atoms with E-state index in [9.17, 15) is 4.79 Å². The van der Waals surface area contributed by atoms with Gasteiger partial charge in [0.25, 0.3) is 5.91 Å². The second-order valence-corrected chi connectivity index (χ2v) is 7.47. The molecule has 1 aliphatic rings. The molecule has 1 aliphatic carbocycles. The van der Waals surface area contributed by atoms with E-state index in [-0.39, 0.29) is 5.91 Å². The number of hydrogen-bond acceptors (Lipinski definition) is 4. The molecule has 1 N–H and O–H groups in total. The molecular formula is C14H16N2OS2. The van der Waals surface area contributed by atoms with Gasteiger partial charge in [-0.25, -0.2) is 4.98 Å². The summed E-state index contributed by atoms with van der Waals surface area (Å²) < 4.78 is 0. The van der Waals surface area contributed by atoms with E-state index >= 15 is 0 Å². The van der Waals surface area contributed by atoms with Crippen LogP contribution in [0.1, 0.15) is 38.5 Å². The standard InChI is InChI=1S/C14H16N2OS2/c1-8-3-5-10-12(7-8)19-14(15-10)16-13(17)11-6-4-9(2)18-11/h4,6,8H,3,5,7H2,1-2H3,(H,15,16,17). The molecule has 1 unspecified atom stereocenters. The van der Waals surface area contributed by atoms with Crippen LogP contribution in [0.5, 0.6) is 0 Å². The molecule has 3 nitrogen and oxygen atoms in total. The number of aromatic nitrogens is 1. The fourth-order valence-corrected chi connectivity index (χ4v) is 4.24. The van der Waals surface area contributed by atoms with Crippen molar-refractivity contribution in [2.45, 2.75) is 33.1 Å².